The molecule has 2 fully saturated rings. The van der Waals surface area contributed by atoms with Crippen LogP contribution in [0.2, 0.25) is 0 Å². The molecule has 0 radical (unpaired) electrons. The number of hydrogen-bond acceptors (Lipinski definition) is 3. The van der Waals surface area contributed by atoms with Crippen molar-refractivity contribution in [1.82, 2.24) is 0 Å². The van der Waals surface area contributed by atoms with Gasteiger partial charge in [0.25, 0.3) is 5.91 Å². The first-order chi connectivity index (χ1) is 14.3. The van der Waals surface area contributed by atoms with Crippen molar-refractivity contribution in [1.29, 1.82) is 0 Å². The Morgan fingerprint density at radius 3 is 2.20 bits per heavy atom. The van der Waals surface area contributed by atoms with Crippen LogP contribution >= 0.6 is 0 Å². The van der Waals surface area contributed by atoms with Gasteiger partial charge in [0.1, 0.15) is 0 Å². The lowest BCUT2D eigenvalue weighted by atomic mass is 9.81. The van der Waals surface area contributed by atoms with Gasteiger partial charge in [-0.3, -0.25) is 19.3 Å². The molecular formula is C22H19F3N2O3. The fraction of sp³-hybridized carbons (Fsp3) is 0.318. The molecule has 1 aliphatic heterocycles. The number of alkyl halides is 3. The Hall–Kier alpha value is -3.16. The quantitative estimate of drug-likeness (QED) is 0.742. The molecule has 0 unspecified atom stereocenters. The second-order valence-corrected chi connectivity index (χ2v) is 7.56. The van der Waals surface area contributed by atoms with Crippen LogP contribution in [0.3, 0.4) is 0 Å². The molecule has 2 aromatic carbocycles. The zero-order chi connectivity index (χ0) is 21.5. The number of rotatable bonds is 3. The third kappa shape index (κ3) is 3.58. The van der Waals surface area contributed by atoms with Crippen LogP contribution in [0, 0.1) is 11.8 Å². The van der Waals surface area contributed by atoms with E-state index in [1.165, 1.54) is 36.4 Å². The van der Waals surface area contributed by atoms with Crippen LogP contribution in [0.1, 0.15) is 41.6 Å². The van der Waals surface area contributed by atoms with E-state index in [2.05, 4.69) is 5.32 Å². The van der Waals surface area contributed by atoms with Crippen molar-refractivity contribution in [2.24, 2.45) is 11.8 Å². The van der Waals surface area contributed by atoms with Crippen molar-refractivity contribution in [2.45, 2.75) is 31.9 Å². The van der Waals surface area contributed by atoms with Gasteiger partial charge in [-0.2, -0.15) is 13.2 Å². The lowest BCUT2D eigenvalue weighted by Crippen LogP contribution is -2.31. The topological polar surface area (TPSA) is 66.5 Å². The number of hydrogen-bond donors (Lipinski definition) is 1. The lowest BCUT2D eigenvalue weighted by Gasteiger charge is -2.19. The minimum absolute atomic E-state index is 0.0555. The molecular weight excluding hydrogens is 397 g/mol. The molecule has 0 spiro atoms. The molecule has 156 valence electrons. The summed E-state index contributed by atoms with van der Waals surface area (Å²) in [6.07, 6.45) is -1.49. The minimum Gasteiger partial charge on any atom is -0.321 e. The Balaban J connectivity index is 1.60. The summed E-state index contributed by atoms with van der Waals surface area (Å²) >= 11 is 0. The molecule has 5 nitrogen and oxygen atoms in total. The van der Waals surface area contributed by atoms with Crippen molar-refractivity contribution < 1.29 is 27.6 Å². The van der Waals surface area contributed by atoms with E-state index < -0.39 is 17.6 Å². The van der Waals surface area contributed by atoms with Crippen LogP contribution < -0.4 is 10.2 Å². The number of carbonyl (C=O) groups is 3. The van der Waals surface area contributed by atoms with E-state index in [-0.39, 0.29) is 40.6 Å². The number of nitrogens with one attached hydrogen (secondary N) is 1. The molecule has 1 N–H and O–H groups in total. The fourth-order valence-corrected chi connectivity index (χ4v) is 4.24. The first-order valence-corrected chi connectivity index (χ1v) is 9.73. The van der Waals surface area contributed by atoms with Crippen LogP contribution in [0.5, 0.6) is 0 Å². The fourth-order valence-electron chi connectivity index (χ4n) is 4.24. The number of fused-ring (bicyclic) bond motifs is 1. The molecule has 0 aromatic heterocycles. The maximum Gasteiger partial charge on any atom is 0.418 e. The molecule has 0 bridgehead atoms. The Bertz CT molecular complexity index is 995. The van der Waals surface area contributed by atoms with Crippen LogP contribution in [0.15, 0.2) is 48.5 Å². The number of carbonyl (C=O) groups excluding carboxylic acids is 3. The van der Waals surface area contributed by atoms with E-state index in [0.29, 0.717) is 12.8 Å². The molecule has 8 heteroatoms. The van der Waals surface area contributed by atoms with Gasteiger partial charge < -0.3 is 5.32 Å². The smallest absolute Gasteiger partial charge is 0.321 e. The number of anilines is 2. The van der Waals surface area contributed by atoms with Crippen LogP contribution in [0.4, 0.5) is 24.5 Å². The van der Waals surface area contributed by atoms with Crippen molar-refractivity contribution in [2.75, 3.05) is 10.2 Å². The standard InChI is InChI=1S/C22H19F3N2O3/c23-22(24,25)17-10-3-4-11-18(17)26-19(28)13-6-5-7-14(12-13)27-20(29)15-8-1-2-9-16(15)21(27)30/h3-7,10-12,15-16H,1-2,8-9H2,(H,26,28)/t15-,16-/m0/s1. The highest BCUT2D eigenvalue weighted by atomic mass is 19.4. The van der Waals surface area contributed by atoms with E-state index in [1.807, 2.05) is 0 Å². The maximum absolute atomic E-state index is 13.2. The van der Waals surface area contributed by atoms with Crippen LogP contribution in [0.25, 0.3) is 0 Å². The second kappa shape index (κ2) is 7.59. The number of imide groups is 1. The number of para-hydroxylation sites is 1. The molecule has 1 saturated carbocycles. The number of benzene rings is 2. The molecule has 2 atom stereocenters. The summed E-state index contributed by atoms with van der Waals surface area (Å²) in [5.74, 6) is -1.97. The summed E-state index contributed by atoms with van der Waals surface area (Å²) in [6, 6.07) is 10.5. The first-order valence-electron chi connectivity index (χ1n) is 9.73. The molecule has 1 aliphatic carbocycles. The van der Waals surface area contributed by atoms with Crippen molar-refractivity contribution in [3.8, 4) is 0 Å². The second-order valence-electron chi connectivity index (χ2n) is 7.56. The van der Waals surface area contributed by atoms with Gasteiger partial charge in [-0.05, 0) is 43.2 Å². The highest BCUT2D eigenvalue weighted by Crippen LogP contribution is 2.40. The van der Waals surface area contributed by atoms with Crippen LogP contribution in [-0.2, 0) is 15.8 Å². The van der Waals surface area contributed by atoms with Gasteiger partial charge in [0.2, 0.25) is 11.8 Å². The van der Waals surface area contributed by atoms with Gasteiger partial charge in [0.15, 0.2) is 0 Å². The summed E-state index contributed by atoms with van der Waals surface area (Å²) < 4.78 is 39.5. The van der Waals surface area contributed by atoms with Gasteiger partial charge in [-0.25, -0.2) is 0 Å². The molecule has 2 aliphatic rings. The predicted molar refractivity (Wildman–Crippen MR) is 104 cm³/mol. The summed E-state index contributed by atoms with van der Waals surface area (Å²) in [5.41, 5.74) is -1.00. The summed E-state index contributed by atoms with van der Waals surface area (Å²) in [4.78, 5) is 39.2. The largest absolute Gasteiger partial charge is 0.418 e. The monoisotopic (exact) mass is 416 g/mol. The first kappa shape index (κ1) is 20.1. The van der Waals surface area contributed by atoms with E-state index in [0.717, 1.165) is 23.8 Å². The van der Waals surface area contributed by atoms with Crippen molar-refractivity contribution >= 4 is 29.1 Å². The summed E-state index contributed by atoms with van der Waals surface area (Å²) in [7, 11) is 0. The number of halogens is 3. The van der Waals surface area contributed by atoms with Gasteiger partial charge >= 0.3 is 6.18 Å². The Kier molecular flexibility index (Phi) is 5.09. The summed E-state index contributed by atoms with van der Waals surface area (Å²) in [5, 5.41) is 2.28. The van der Waals surface area contributed by atoms with Crippen molar-refractivity contribution in [3.63, 3.8) is 0 Å². The average Bonchev–Trinajstić information content (AvgIpc) is 2.98. The van der Waals surface area contributed by atoms with E-state index in [1.54, 1.807) is 6.07 Å². The zero-order valence-electron chi connectivity index (χ0n) is 15.9. The molecule has 2 aromatic rings. The Labute approximate surface area is 170 Å². The molecule has 4 rings (SSSR count). The molecule has 1 saturated heterocycles. The van der Waals surface area contributed by atoms with Gasteiger partial charge in [-0.1, -0.05) is 31.0 Å². The molecule has 3 amide bonds. The normalized spacial score (nSPS) is 21.5. The minimum atomic E-state index is -4.61. The Morgan fingerprint density at radius 1 is 0.933 bits per heavy atom. The predicted octanol–water partition coefficient (Wildman–Crippen LogP) is 4.64. The summed E-state index contributed by atoms with van der Waals surface area (Å²) in [6.45, 7) is 0. The highest BCUT2D eigenvalue weighted by molar-refractivity contribution is 6.22. The lowest BCUT2D eigenvalue weighted by molar-refractivity contribution is -0.137. The van der Waals surface area contributed by atoms with E-state index in [9.17, 15) is 27.6 Å². The average molecular weight is 416 g/mol. The zero-order valence-corrected chi connectivity index (χ0v) is 15.9. The number of amides is 3. The van der Waals surface area contributed by atoms with Gasteiger partial charge in [0.05, 0.1) is 28.8 Å². The van der Waals surface area contributed by atoms with Gasteiger partial charge in [-0.15, -0.1) is 0 Å². The third-order valence-corrected chi connectivity index (χ3v) is 5.69. The molecule has 30 heavy (non-hydrogen) atoms. The SMILES string of the molecule is O=C(Nc1ccccc1C(F)(F)F)c1cccc(N2C(=O)[C@H]3CCCC[C@@H]3C2=O)c1. The van der Waals surface area contributed by atoms with Crippen molar-refractivity contribution in [3.05, 3.63) is 59.7 Å². The third-order valence-electron chi connectivity index (χ3n) is 5.69. The van der Waals surface area contributed by atoms with E-state index in [4.69, 9.17) is 0 Å². The molecule has 1 heterocycles. The van der Waals surface area contributed by atoms with Gasteiger partial charge in [0, 0.05) is 5.56 Å². The number of nitrogens with zero attached hydrogens (tertiary/aromatic N) is 1. The Morgan fingerprint density at radius 2 is 1.57 bits per heavy atom. The maximum atomic E-state index is 13.2. The van der Waals surface area contributed by atoms with E-state index >= 15 is 0 Å². The highest BCUT2D eigenvalue weighted by Gasteiger charge is 2.48. The van der Waals surface area contributed by atoms with Crippen LogP contribution in [-0.4, -0.2) is 17.7 Å².